The molecule has 4 heteroatoms. The fourth-order valence-electron chi connectivity index (χ4n) is 0.673. The van der Waals surface area contributed by atoms with Crippen molar-refractivity contribution in [2.24, 2.45) is 11.5 Å². The molecule has 0 fully saturated rings. The molecule has 0 amide bonds. The van der Waals surface area contributed by atoms with E-state index in [0.29, 0.717) is 12.4 Å². The highest BCUT2D eigenvalue weighted by atomic mass is 16.2. The first-order valence-corrected chi connectivity index (χ1v) is 3.81. The van der Waals surface area contributed by atoms with Gasteiger partial charge in [0.1, 0.15) is 0 Å². The van der Waals surface area contributed by atoms with Crippen molar-refractivity contribution in [3.05, 3.63) is 11.9 Å². The number of aliphatic hydroxyl groups is 1. The van der Waals surface area contributed by atoms with Crippen molar-refractivity contribution in [1.29, 1.82) is 0 Å². The fraction of sp³-hybridized carbons (Fsp3) is 0.714. The van der Waals surface area contributed by atoms with Crippen LogP contribution in [-0.4, -0.2) is 24.8 Å². The summed E-state index contributed by atoms with van der Waals surface area (Å²) in [6, 6.07) is 0. The normalized spacial score (nSPS) is 11.6. The zero-order valence-corrected chi connectivity index (χ0v) is 6.71. The maximum absolute atomic E-state index is 8.42. The van der Waals surface area contributed by atoms with Crippen molar-refractivity contribution in [1.82, 2.24) is 5.32 Å². The minimum atomic E-state index is -0.0181. The third kappa shape index (κ3) is 7.15. The van der Waals surface area contributed by atoms with Crippen LogP contribution >= 0.6 is 0 Å². The highest BCUT2D eigenvalue weighted by Gasteiger charge is 1.87. The Labute approximate surface area is 67.3 Å². The molecule has 0 spiro atoms. The Morgan fingerprint density at radius 3 is 2.73 bits per heavy atom. The molecule has 66 valence electrons. The fourth-order valence-corrected chi connectivity index (χ4v) is 0.673. The lowest BCUT2D eigenvalue weighted by Crippen LogP contribution is -2.22. The zero-order valence-electron chi connectivity index (χ0n) is 6.71. The molecule has 0 aliphatic heterocycles. The van der Waals surface area contributed by atoms with Gasteiger partial charge in [-0.1, -0.05) is 0 Å². The Morgan fingerprint density at radius 2 is 2.18 bits per heavy atom. The van der Waals surface area contributed by atoms with Crippen LogP contribution in [0.25, 0.3) is 0 Å². The monoisotopic (exact) mass is 159 g/mol. The van der Waals surface area contributed by atoms with E-state index in [9.17, 15) is 0 Å². The van der Waals surface area contributed by atoms with E-state index in [0.717, 1.165) is 19.4 Å². The first-order chi connectivity index (χ1) is 5.31. The van der Waals surface area contributed by atoms with Crippen molar-refractivity contribution in [3.63, 3.8) is 0 Å². The predicted molar refractivity (Wildman–Crippen MR) is 45.6 cm³/mol. The molecule has 0 saturated heterocycles. The topological polar surface area (TPSA) is 84.3 Å². The van der Waals surface area contributed by atoms with Crippen molar-refractivity contribution in [2.75, 3.05) is 19.7 Å². The largest absolute Gasteiger partial charge is 0.392 e. The molecule has 11 heavy (non-hydrogen) atoms. The molecule has 0 radical (unpaired) electrons. The Kier molecular flexibility index (Phi) is 6.87. The number of nitrogens with one attached hydrogen (secondary N) is 1. The molecular formula is C7H17N3O. The van der Waals surface area contributed by atoms with Crippen LogP contribution in [0.5, 0.6) is 0 Å². The average Bonchev–Trinajstić information content (AvgIpc) is 1.99. The molecule has 0 heterocycles. The zero-order chi connectivity index (χ0) is 8.53. The summed E-state index contributed by atoms with van der Waals surface area (Å²) in [7, 11) is 0. The van der Waals surface area contributed by atoms with Gasteiger partial charge in [0.2, 0.25) is 0 Å². The minimum absolute atomic E-state index is 0.0181. The van der Waals surface area contributed by atoms with Crippen molar-refractivity contribution >= 4 is 0 Å². The van der Waals surface area contributed by atoms with Gasteiger partial charge in [0.25, 0.3) is 0 Å². The van der Waals surface area contributed by atoms with E-state index < -0.39 is 0 Å². The molecular weight excluding hydrogens is 142 g/mol. The number of aliphatic hydroxyl groups excluding tert-OH is 1. The van der Waals surface area contributed by atoms with E-state index in [-0.39, 0.29) is 6.61 Å². The Bertz CT molecular complexity index is 114. The van der Waals surface area contributed by atoms with Crippen molar-refractivity contribution in [3.8, 4) is 0 Å². The SMILES string of the molecule is NCCCCN/C(N)=C\CO. The van der Waals surface area contributed by atoms with Crippen LogP contribution in [0, 0.1) is 0 Å². The molecule has 0 aliphatic carbocycles. The second-order valence-electron chi connectivity index (χ2n) is 2.26. The van der Waals surface area contributed by atoms with Crippen molar-refractivity contribution < 1.29 is 5.11 Å². The van der Waals surface area contributed by atoms with E-state index in [1.165, 1.54) is 6.08 Å². The lowest BCUT2D eigenvalue weighted by Gasteiger charge is -2.04. The summed E-state index contributed by atoms with van der Waals surface area (Å²) < 4.78 is 0. The third-order valence-corrected chi connectivity index (χ3v) is 1.27. The predicted octanol–water partition coefficient (Wildman–Crippen LogP) is -0.893. The summed E-state index contributed by atoms with van der Waals surface area (Å²) in [5.74, 6) is 0.532. The third-order valence-electron chi connectivity index (χ3n) is 1.27. The number of hydrogen-bond acceptors (Lipinski definition) is 4. The van der Waals surface area contributed by atoms with Crippen LogP contribution in [0.4, 0.5) is 0 Å². The highest BCUT2D eigenvalue weighted by molar-refractivity contribution is 4.92. The van der Waals surface area contributed by atoms with E-state index in [1.807, 2.05) is 0 Å². The van der Waals surface area contributed by atoms with Gasteiger partial charge in [-0.2, -0.15) is 0 Å². The minimum Gasteiger partial charge on any atom is -0.392 e. The van der Waals surface area contributed by atoms with Gasteiger partial charge >= 0.3 is 0 Å². The van der Waals surface area contributed by atoms with E-state index >= 15 is 0 Å². The van der Waals surface area contributed by atoms with Gasteiger partial charge in [-0.3, -0.25) is 0 Å². The van der Waals surface area contributed by atoms with Crippen LogP contribution in [0.15, 0.2) is 11.9 Å². The summed E-state index contributed by atoms with van der Waals surface area (Å²) in [6.45, 7) is 1.51. The van der Waals surface area contributed by atoms with Gasteiger partial charge in [0, 0.05) is 6.54 Å². The van der Waals surface area contributed by atoms with Gasteiger partial charge in [-0.25, -0.2) is 0 Å². The molecule has 0 rings (SSSR count). The Balaban J connectivity index is 3.17. The first-order valence-electron chi connectivity index (χ1n) is 3.81. The lowest BCUT2D eigenvalue weighted by molar-refractivity contribution is 0.341. The van der Waals surface area contributed by atoms with E-state index in [2.05, 4.69) is 5.32 Å². The second-order valence-corrected chi connectivity index (χ2v) is 2.26. The van der Waals surface area contributed by atoms with Crippen molar-refractivity contribution in [2.45, 2.75) is 12.8 Å². The second kappa shape index (κ2) is 7.37. The highest BCUT2D eigenvalue weighted by Crippen LogP contribution is 1.84. The maximum Gasteiger partial charge on any atom is 0.0942 e. The Hall–Kier alpha value is -0.740. The molecule has 0 aliphatic rings. The van der Waals surface area contributed by atoms with Gasteiger partial charge in [0.05, 0.1) is 12.4 Å². The summed E-state index contributed by atoms with van der Waals surface area (Å²) in [5.41, 5.74) is 10.7. The average molecular weight is 159 g/mol. The standard InChI is InChI=1S/C7H17N3O/c8-4-1-2-5-10-7(9)3-6-11/h3,10-11H,1-2,4-6,8-9H2/b7-3-. The molecule has 0 aromatic rings. The molecule has 0 atom stereocenters. The maximum atomic E-state index is 8.42. The van der Waals surface area contributed by atoms with Crippen LogP contribution in [-0.2, 0) is 0 Å². The smallest absolute Gasteiger partial charge is 0.0942 e. The van der Waals surface area contributed by atoms with Crippen LogP contribution < -0.4 is 16.8 Å². The van der Waals surface area contributed by atoms with Gasteiger partial charge in [-0.05, 0) is 25.5 Å². The number of nitrogens with two attached hydrogens (primary N) is 2. The van der Waals surface area contributed by atoms with Gasteiger partial charge < -0.3 is 21.9 Å². The molecule has 0 unspecified atom stereocenters. The number of hydrogen-bond donors (Lipinski definition) is 4. The summed E-state index contributed by atoms with van der Waals surface area (Å²) >= 11 is 0. The molecule has 4 nitrogen and oxygen atoms in total. The molecule has 0 saturated carbocycles. The summed E-state index contributed by atoms with van der Waals surface area (Å²) in [4.78, 5) is 0. The summed E-state index contributed by atoms with van der Waals surface area (Å²) in [5, 5.41) is 11.4. The van der Waals surface area contributed by atoms with E-state index in [4.69, 9.17) is 16.6 Å². The van der Waals surface area contributed by atoms with Crippen LogP contribution in [0.3, 0.4) is 0 Å². The quantitative estimate of drug-likeness (QED) is 0.379. The molecule has 0 aromatic heterocycles. The van der Waals surface area contributed by atoms with Gasteiger partial charge in [0.15, 0.2) is 0 Å². The van der Waals surface area contributed by atoms with Crippen LogP contribution in [0.2, 0.25) is 0 Å². The number of unbranched alkanes of at least 4 members (excludes halogenated alkanes) is 1. The van der Waals surface area contributed by atoms with E-state index in [1.54, 1.807) is 0 Å². The number of rotatable bonds is 6. The molecule has 0 bridgehead atoms. The molecule has 0 aromatic carbocycles. The first kappa shape index (κ1) is 10.3. The van der Waals surface area contributed by atoms with Gasteiger partial charge in [-0.15, -0.1) is 0 Å². The lowest BCUT2D eigenvalue weighted by atomic mass is 10.3. The summed E-state index contributed by atoms with van der Waals surface area (Å²) in [6.07, 6.45) is 3.54. The molecule has 6 N–H and O–H groups in total. The van der Waals surface area contributed by atoms with Crippen LogP contribution in [0.1, 0.15) is 12.8 Å². The Morgan fingerprint density at radius 1 is 1.45 bits per heavy atom.